The van der Waals surface area contributed by atoms with Crippen molar-refractivity contribution in [2.75, 3.05) is 11.9 Å². The maximum Gasteiger partial charge on any atom is 0.271 e. The summed E-state index contributed by atoms with van der Waals surface area (Å²) in [5.41, 5.74) is 0.961. The predicted octanol–water partition coefficient (Wildman–Crippen LogP) is 2.75. The summed E-state index contributed by atoms with van der Waals surface area (Å²) in [7, 11) is 0. The van der Waals surface area contributed by atoms with Gasteiger partial charge in [-0.2, -0.15) is 0 Å². The standard InChI is InChI=1S/C15H17FN4O/c1-10(2)7-19-15(21)13-8-18-14(9-17-13)20-12-5-3-11(16)4-6-12/h3-6,8-10H,7H2,1-2H3,(H,18,20)(H,19,21). The Morgan fingerprint density at radius 1 is 1.19 bits per heavy atom. The molecule has 1 heterocycles. The van der Waals surface area contributed by atoms with Gasteiger partial charge in [-0.15, -0.1) is 0 Å². The normalized spacial score (nSPS) is 10.5. The van der Waals surface area contributed by atoms with Crippen LogP contribution in [0.3, 0.4) is 0 Å². The first-order valence-electron chi connectivity index (χ1n) is 6.67. The number of amides is 1. The Morgan fingerprint density at radius 3 is 2.48 bits per heavy atom. The second-order valence-electron chi connectivity index (χ2n) is 5.02. The monoisotopic (exact) mass is 288 g/mol. The van der Waals surface area contributed by atoms with Crippen LogP contribution in [0.25, 0.3) is 0 Å². The lowest BCUT2D eigenvalue weighted by Crippen LogP contribution is -2.28. The van der Waals surface area contributed by atoms with Crippen LogP contribution in [0.4, 0.5) is 15.9 Å². The molecule has 6 heteroatoms. The smallest absolute Gasteiger partial charge is 0.271 e. The molecule has 0 spiro atoms. The topological polar surface area (TPSA) is 66.9 Å². The average Bonchev–Trinajstić information content (AvgIpc) is 2.48. The van der Waals surface area contributed by atoms with Gasteiger partial charge in [0, 0.05) is 12.2 Å². The third-order valence-corrected chi connectivity index (χ3v) is 2.67. The molecule has 2 rings (SSSR count). The summed E-state index contributed by atoms with van der Waals surface area (Å²) in [4.78, 5) is 20.0. The molecule has 0 aliphatic rings. The van der Waals surface area contributed by atoms with Gasteiger partial charge in [0.05, 0.1) is 12.4 Å². The van der Waals surface area contributed by atoms with Gasteiger partial charge < -0.3 is 10.6 Å². The van der Waals surface area contributed by atoms with Crippen LogP contribution < -0.4 is 10.6 Å². The third kappa shape index (κ3) is 4.52. The number of hydrogen-bond donors (Lipinski definition) is 2. The lowest BCUT2D eigenvalue weighted by atomic mass is 10.2. The summed E-state index contributed by atoms with van der Waals surface area (Å²) in [6.07, 6.45) is 2.87. The summed E-state index contributed by atoms with van der Waals surface area (Å²) >= 11 is 0. The van der Waals surface area contributed by atoms with Gasteiger partial charge in [0.1, 0.15) is 17.3 Å². The first-order valence-corrected chi connectivity index (χ1v) is 6.67. The number of rotatable bonds is 5. The minimum Gasteiger partial charge on any atom is -0.350 e. The lowest BCUT2D eigenvalue weighted by Gasteiger charge is -2.08. The zero-order valence-electron chi connectivity index (χ0n) is 11.9. The average molecular weight is 288 g/mol. The van der Waals surface area contributed by atoms with E-state index in [1.165, 1.54) is 24.5 Å². The number of carbonyl (C=O) groups is 1. The van der Waals surface area contributed by atoms with Gasteiger partial charge in [0.15, 0.2) is 0 Å². The van der Waals surface area contributed by atoms with Gasteiger partial charge in [-0.1, -0.05) is 13.8 Å². The van der Waals surface area contributed by atoms with Gasteiger partial charge >= 0.3 is 0 Å². The van der Waals surface area contributed by atoms with E-state index >= 15 is 0 Å². The maximum atomic E-state index is 12.8. The molecule has 0 radical (unpaired) electrons. The van der Waals surface area contributed by atoms with Crippen molar-refractivity contribution in [3.63, 3.8) is 0 Å². The van der Waals surface area contributed by atoms with Gasteiger partial charge in [0.25, 0.3) is 5.91 Å². The number of benzene rings is 1. The van der Waals surface area contributed by atoms with E-state index in [4.69, 9.17) is 0 Å². The quantitative estimate of drug-likeness (QED) is 0.887. The van der Waals surface area contributed by atoms with E-state index in [-0.39, 0.29) is 17.4 Å². The Bertz CT molecular complexity index is 596. The minimum atomic E-state index is -0.302. The second-order valence-corrected chi connectivity index (χ2v) is 5.02. The van der Waals surface area contributed by atoms with E-state index in [9.17, 15) is 9.18 Å². The van der Waals surface area contributed by atoms with Crippen LogP contribution in [0.2, 0.25) is 0 Å². The van der Waals surface area contributed by atoms with Gasteiger partial charge in [-0.3, -0.25) is 4.79 Å². The highest BCUT2D eigenvalue weighted by Gasteiger charge is 2.08. The molecule has 110 valence electrons. The largest absolute Gasteiger partial charge is 0.350 e. The Labute approximate surface area is 122 Å². The minimum absolute atomic E-state index is 0.246. The molecule has 1 aromatic heterocycles. The summed E-state index contributed by atoms with van der Waals surface area (Å²) < 4.78 is 12.8. The summed E-state index contributed by atoms with van der Waals surface area (Å²) in [6, 6.07) is 5.90. The lowest BCUT2D eigenvalue weighted by molar-refractivity contribution is 0.0943. The molecule has 0 aliphatic carbocycles. The molecular formula is C15H17FN4O. The molecule has 0 saturated carbocycles. The van der Waals surface area contributed by atoms with Crippen LogP contribution >= 0.6 is 0 Å². The molecule has 21 heavy (non-hydrogen) atoms. The van der Waals surface area contributed by atoms with Gasteiger partial charge in [0.2, 0.25) is 0 Å². The first-order chi connectivity index (χ1) is 10.0. The summed E-state index contributed by atoms with van der Waals surface area (Å²) in [5.74, 6) is 0.316. The van der Waals surface area contributed by atoms with Crippen LogP contribution in [0, 0.1) is 11.7 Å². The second kappa shape index (κ2) is 6.78. The molecule has 0 unspecified atom stereocenters. The van der Waals surface area contributed by atoms with E-state index in [2.05, 4.69) is 20.6 Å². The van der Waals surface area contributed by atoms with Crippen LogP contribution in [0.5, 0.6) is 0 Å². The Morgan fingerprint density at radius 2 is 1.90 bits per heavy atom. The fourth-order valence-electron chi connectivity index (χ4n) is 1.58. The number of aromatic nitrogens is 2. The van der Waals surface area contributed by atoms with Crippen molar-refractivity contribution < 1.29 is 9.18 Å². The molecule has 2 N–H and O–H groups in total. The van der Waals surface area contributed by atoms with E-state index in [0.717, 1.165) is 0 Å². The highest BCUT2D eigenvalue weighted by Crippen LogP contribution is 2.13. The Balaban J connectivity index is 1.98. The third-order valence-electron chi connectivity index (χ3n) is 2.67. The number of halogens is 1. The van der Waals surface area contributed by atoms with E-state index in [1.54, 1.807) is 12.1 Å². The Kier molecular flexibility index (Phi) is 4.81. The first kappa shape index (κ1) is 14.9. The van der Waals surface area contributed by atoms with Crippen LogP contribution in [0.15, 0.2) is 36.7 Å². The zero-order chi connectivity index (χ0) is 15.2. The van der Waals surface area contributed by atoms with Crippen molar-refractivity contribution in [3.05, 3.63) is 48.2 Å². The molecule has 1 aromatic carbocycles. The molecular weight excluding hydrogens is 271 g/mol. The van der Waals surface area contributed by atoms with Crippen molar-refractivity contribution in [3.8, 4) is 0 Å². The number of hydrogen-bond acceptors (Lipinski definition) is 4. The van der Waals surface area contributed by atoms with Crippen LogP contribution in [-0.2, 0) is 0 Å². The van der Waals surface area contributed by atoms with Gasteiger partial charge in [-0.25, -0.2) is 14.4 Å². The molecule has 2 aromatic rings. The molecule has 1 amide bonds. The van der Waals surface area contributed by atoms with Crippen molar-refractivity contribution in [2.45, 2.75) is 13.8 Å². The number of nitrogens with zero attached hydrogens (tertiary/aromatic N) is 2. The molecule has 0 aliphatic heterocycles. The predicted molar refractivity (Wildman–Crippen MR) is 78.9 cm³/mol. The van der Waals surface area contributed by atoms with Crippen molar-refractivity contribution in [2.24, 2.45) is 5.92 Å². The van der Waals surface area contributed by atoms with Crippen molar-refractivity contribution in [1.82, 2.24) is 15.3 Å². The highest BCUT2D eigenvalue weighted by molar-refractivity contribution is 5.92. The maximum absolute atomic E-state index is 12.8. The molecule has 0 saturated heterocycles. The molecule has 0 bridgehead atoms. The van der Waals surface area contributed by atoms with Crippen LogP contribution in [-0.4, -0.2) is 22.4 Å². The van der Waals surface area contributed by atoms with Crippen LogP contribution in [0.1, 0.15) is 24.3 Å². The summed E-state index contributed by atoms with van der Waals surface area (Å²) in [6.45, 7) is 4.62. The molecule has 0 fully saturated rings. The van der Waals surface area contributed by atoms with Crippen molar-refractivity contribution in [1.29, 1.82) is 0 Å². The summed E-state index contributed by atoms with van der Waals surface area (Å²) in [5, 5.41) is 5.75. The van der Waals surface area contributed by atoms with Crippen molar-refractivity contribution >= 4 is 17.4 Å². The van der Waals surface area contributed by atoms with E-state index in [1.807, 2.05) is 13.8 Å². The fourth-order valence-corrected chi connectivity index (χ4v) is 1.58. The molecule has 5 nitrogen and oxygen atoms in total. The number of anilines is 2. The number of nitrogens with one attached hydrogen (secondary N) is 2. The zero-order valence-corrected chi connectivity index (χ0v) is 11.9. The van der Waals surface area contributed by atoms with E-state index < -0.39 is 0 Å². The van der Waals surface area contributed by atoms with E-state index in [0.29, 0.717) is 24.0 Å². The Hall–Kier alpha value is -2.50. The highest BCUT2D eigenvalue weighted by atomic mass is 19.1. The SMILES string of the molecule is CC(C)CNC(=O)c1cnc(Nc2ccc(F)cc2)cn1. The number of carbonyl (C=O) groups excluding carboxylic acids is 1. The fraction of sp³-hybridized carbons (Fsp3) is 0.267. The van der Waals surface area contributed by atoms with Gasteiger partial charge in [-0.05, 0) is 30.2 Å². The molecule has 0 atom stereocenters.